The van der Waals surface area contributed by atoms with E-state index in [0.29, 0.717) is 5.02 Å². The van der Waals surface area contributed by atoms with Crippen molar-refractivity contribution in [1.29, 1.82) is 0 Å². The Morgan fingerprint density at radius 2 is 1.76 bits per heavy atom. The van der Waals surface area contributed by atoms with Gasteiger partial charge in [0, 0.05) is 24.0 Å². The number of halogens is 2. The first kappa shape index (κ1) is 28.2. The first-order chi connectivity index (χ1) is 15.7. The van der Waals surface area contributed by atoms with Gasteiger partial charge in [0.05, 0.1) is 34.7 Å². The van der Waals surface area contributed by atoms with Gasteiger partial charge < -0.3 is 10.1 Å². The number of anilines is 2. The Morgan fingerprint density at radius 3 is 2.35 bits per heavy atom. The van der Waals surface area contributed by atoms with Crippen molar-refractivity contribution in [3.8, 4) is 5.75 Å². The second kappa shape index (κ2) is 11.6. The van der Waals surface area contributed by atoms with Gasteiger partial charge >= 0.3 is 0 Å². The fourth-order valence-corrected chi connectivity index (χ4v) is 5.75. The fraction of sp³-hybridized carbons (Fsp3) is 0.381. The van der Waals surface area contributed by atoms with E-state index in [0.717, 1.165) is 10.6 Å². The molecule has 1 amide bonds. The standard InChI is InChI=1S/C21H27Cl2N3O6S2/c1-14(2)25-34(30,31)16-8-10-20(32-3)18(13-16)24-21(27)6-5-11-26(33(4,28)29)19-12-15(22)7-9-17(19)23/h7-10,12-14,25H,5-6,11H2,1-4H3,(H,24,27). The molecule has 2 rings (SSSR count). The van der Waals surface area contributed by atoms with Crippen LogP contribution in [0.1, 0.15) is 26.7 Å². The van der Waals surface area contributed by atoms with Crippen molar-refractivity contribution in [1.82, 2.24) is 4.72 Å². The summed E-state index contributed by atoms with van der Waals surface area (Å²) < 4.78 is 58.3. The van der Waals surface area contributed by atoms with Crippen molar-refractivity contribution < 1.29 is 26.4 Å². The van der Waals surface area contributed by atoms with Crippen LogP contribution in [0.5, 0.6) is 5.75 Å². The molecule has 2 N–H and O–H groups in total. The molecule has 0 fully saturated rings. The zero-order valence-corrected chi connectivity index (χ0v) is 22.3. The van der Waals surface area contributed by atoms with E-state index in [2.05, 4.69) is 10.0 Å². The van der Waals surface area contributed by atoms with Crippen LogP contribution in [0.3, 0.4) is 0 Å². The third-order valence-electron chi connectivity index (χ3n) is 4.49. The molecule has 0 saturated carbocycles. The lowest BCUT2D eigenvalue weighted by Crippen LogP contribution is -2.31. The molecule has 0 unspecified atom stereocenters. The predicted octanol–water partition coefficient (Wildman–Crippen LogP) is 3.87. The Bertz CT molecular complexity index is 1250. The van der Waals surface area contributed by atoms with E-state index in [9.17, 15) is 21.6 Å². The largest absolute Gasteiger partial charge is 0.495 e. The number of hydrogen-bond acceptors (Lipinski definition) is 6. The summed E-state index contributed by atoms with van der Waals surface area (Å²) in [5.74, 6) is -0.171. The molecule has 2 aromatic carbocycles. The number of nitrogens with zero attached hydrogens (tertiary/aromatic N) is 1. The smallest absolute Gasteiger partial charge is 0.240 e. The Kier molecular flexibility index (Phi) is 9.61. The molecule has 13 heteroatoms. The molecule has 0 heterocycles. The first-order valence-electron chi connectivity index (χ1n) is 10.2. The number of nitrogens with one attached hydrogen (secondary N) is 2. The van der Waals surface area contributed by atoms with Gasteiger partial charge in [0.25, 0.3) is 0 Å². The van der Waals surface area contributed by atoms with Gasteiger partial charge in [-0.05, 0) is 56.7 Å². The van der Waals surface area contributed by atoms with Crippen molar-refractivity contribution in [3.05, 3.63) is 46.4 Å². The quantitative estimate of drug-likeness (QED) is 0.437. The molecule has 0 radical (unpaired) electrons. The van der Waals surface area contributed by atoms with Crippen LogP contribution in [-0.2, 0) is 24.8 Å². The first-order valence-corrected chi connectivity index (χ1v) is 14.3. The monoisotopic (exact) mass is 551 g/mol. The van der Waals surface area contributed by atoms with Gasteiger partial charge in [-0.25, -0.2) is 21.6 Å². The van der Waals surface area contributed by atoms with Gasteiger partial charge in [-0.15, -0.1) is 0 Å². The highest BCUT2D eigenvalue weighted by molar-refractivity contribution is 7.92. The number of rotatable bonds is 11. The number of carbonyl (C=O) groups excluding carboxylic acids is 1. The Balaban J connectivity index is 2.15. The van der Waals surface area contributed by atoms with Gasteiger partial charge in [0.2, 0.25) is 26.0 Å². The summed E-state index contributed by atoms with van der Waals surface area (Å²) in [7, 11) is -6.08. The van der Waals surface area contributed by atoms with Crippen LogP contribution < -0.4 is 19.1 Å². The maximum Gasteiger partial charge on any atom is 0.240 e. The highest BCUT2D eigenvalue weighted by atomic mass is 35.5. The van der Waals surface area contributed by atoms with Crippen LogP contribution in [0.4, 0.5) is 11.4 Å². The average Bonchev–Trinajstić information content (AvgIpc) is 2.71. The minimum absolute atomic E-state index is 0.0177. The second-order valence-electron chi connectivity index (χ2n) is 7.72. The van der Waals surface area contributed by atoms with Crippen LogP contribution in [0, 0.1) is 0 Å². The molecule has 0 bridgehead atoms. The number of carbonyl (C=O) groups is 1. The third-order valence-corrected chi connectivity index (χ3v) is 7.88. The minimum Gasteiger partial charge on any atom is -0.495 e. The number of hydrogen-bond donors (Lipinski definition) is 2. The minimum atomic E-state index is -3.78. The average molecular weight is 553 g/mol. The molecule has 34 heavy (non-hydrogen) atoms. The van der Waals surface area contributed by atoms with E-state index in [-0.39, 0.29) is 52.5 Å². The molecule has 0 aliphatic heterocycles. The van der Waals surface area contributed by atoms with Crippen molar-refractivity contribution in [3.63, 3.8) is 0 Å². The van der Waals surface area contributed by atoms with Crippen LogP contribution >= 0.6 is 23.2 Å². The molecule has 0 aliphatic carbocycles. The molecule has 188 valence electrons. The van der Waals surface area contributed by atoms with Crippen molar-refractivity contribution in [2.24, 2.45) is 0 Å². The zero-order valence-electron chi connectivity index (χ0n) is 19.1. The van der Waals surface area contributed by atoms with Crippen molar-refractivity contribution in [2.45, 2.75) is 37.6 Å². The summed E-state index contributed by atoms with van der Waals surface area (Å²) in [5, 5.41) is 3.15. The van der Waals surface area contributed by atoms with Gasteiger partial charge in [-0.2, -0.15) is 0 Å². The van der Waals surface area contributed by atoms with E-state index >= 15 is 0 Å². The van der Waals surface area contributed by atoms with E-state index in [4.69, 9.17) is 27.9 Å². The SMILES string of the molecule is COc1ccc(S(=O)(=O)NC(C)C)cc1NC(=O)CCCN(c1cc(Cl)ccc1Cl)S(C)(=O)=O. The number of methoxy groups -OCH3 is 1. The maximum absolute atomic E-state index is 12.6. The van der Waals surface area contributed by atoms with Crippen LogP contribution in [-0.4, -0.2) is 48.7 Å². The van der Waals surface area contributed by atoms with Gasteiger partial charge in [0.15, 0.2) is 0 Å². The summed E-state index contributed by atoms with van der Waals surface area (Å²) in [6.07, 6.45) is 1.15. The predicted molar refractivity (Wildman–Crippen MR) is 135 cm³/mol. The van der Waals surface area contributed by atoms with Gasteiger partial charge in [0.1, 0.15) is 5.75 Å². The summed E-state index contributed by atoms with van der Waals surface area (Å²) in [4.78, 5) is 12.5. The Morgan fingerprint density at radius 1 is 1.09 bits per heavy atom. The highest BCUT2D eigenvalue weighted by Gasteiger charge is 2.22. The third kappa shape index (κ3) is 7.74. The van der Waals surface area contributed by atoms with E-state index in [1.54, 1.807) is 19.9 Å². The molecule has 0 spiro atoms. The topological polar surface area (TPSA) is 122 Å². The molecule has 0 saturated heterocycles. The lowest BCUT2D eigenvalue weighted by atomic mass is 10.2. The summed E-state index contributed by atoms with van der Waals surface area (Å²) in [6, 6.07) is 8.28. The second-order valence-corrected chi connectivity index (χ2v) is 12.2. The molecular formula is C21H27Cl2N3O6S2. The zero-order chi connectivity index (χ0) is 25.7. The van der Waals surface area contributed by atoms with Crippen LogP contribution in [0.25, 0.3) is 0 Å². The number of ether oxygens (including phenoxy) is 1. The van der Waals surface area contributed by atoms with Gasteiger partial charge in [-0.1, -0.05) is 23.2 Å². The molecular weight excluding hydrogens is 525 g/mol. The lowest BCUT2D eigenvalue weighted by molar-refractivity contribution is -0.116. The van der Waals surface area contributed by atoms with Crippen molar-refractivity contribution in [2.75, 3.05) is 29.5 Å². The number of benzene rings is 2. The molecule has 9 nitrogen and oxygen atoms in total. The van der Waals surface area contributed by atoms with Crippen LogP contribution in [0.15, 0.2) is 41.3 Å². The molecule has 0 aliphatic rings. The molecule has 0 atom stereocenters. The summed E-state index contributed by atoms with van der Waals surface area (Å²) in [6.45, 7) is 3.37. The van der Waals surface area contributed by atoms with Crippen LogP contribution in [0.2, 0.25) is 10.0 Å². The Labute approximate surface area is 210 Å². The maximum atomic E-state index is 12.6. The van der Waals surface area contributed by atoms with Crippen molar-refractivity contribution >= 4 is 60.5 Å². The van der Waals surface area contributed by atoms with E-state index in [1.807, 2.05) is 0 Å². The Hall–Kier alpha value is -2.05. The van der Waals surface area contributed by atoms with E-state index < -0.39 is 26.0 Å². The normalized spacial score (nSPS) is 12.0. The number of amides is 1. The highest BCUT2D eigenvalue weighted by Crippen LogP contribution is 2.31. The van der Waals surface area contributed by atoms with Gasteiger partial charge in [-0.3, -0.25) is 9.10 Å². The lowest BCUT2D eigenvalue weighted by Gasteiger charge is -2.23. The summed E-state index contributed by atoms with van der Waals surface area (Å²) >= 11 is 12.1. The molecule has 0 aromatic heterocycles. The molecule has 2 aromatic rings. The number of sulfonamides is 2. The van der Waals surface area contributed by atoms with E-state index in [1.165, 1.54) is 37.4 Å². The summed E-state index contributed by atoms with van der Waals surface area (Å²) in [5.41, 5.74) is 0.395. The fourth-order valence-electron chi connectivity index (χ4n) is 3.07.